The van der Waals surface area contributed by atoms with Crippen LogP contribution >= 0.6 is 0 Å². The molecule has 0 fully saturated rings. The molecule has 3 rings (SSSR count). The summed E-state index contributed by atoms with van der Waals surface area (Å²) in [5, 5.41) is 15.3. The molecule has 3 aromatic rings. The Morgan fingerprint density at radius 3 is 2.67 bits per heavy atom. The number of hydrogen-bond donors (Lipinski definition) is 3. The van der Waals surface area contributed by atoms with Gasteiger partial charge in [-0.05, 0) is 67.1 Å². The van der Waals surface area contributed by atoms with Crippen molar-refractivity contribution in [3.8, 4) is 17.2 Å². The molecule has 7 nitrogen and oxygen atoms in total. The van der Waals surface area contributed by atoms with E-state index >= 15 is 0 Å². The van der Waals surface area contributed by atoms with E-state index in [4.69, 9.17) is 9.47 Å². The molecule has 0 aliphatic carbocycles. The van der Waals surface area contributed by atoms with Crippen LogP contribution in [0, 0.1) is 0 Å². The van der Waals surface area contributed by atoms with Crippen molar-refractivity contribution >= 4 is 29.2 Å². The van der Waals surface area contributed by atoms with Crippen LogP contribution < -0.4 is 20.1 Å². The summed E-state index contributed by atoms with van der Waals surface area (Å²) in [4.78, 5) is 16.7. The van der Waals surface area contributed by atoms with Crippen LogP contribution in [0.3, 0.4) is 0 Å². The zero-order valence-corrected chi connectivity index (χ0v) is 16.8. The number of rotatable bonds is 8. The molecule has 0 spiro atoms. The first-order chi connectivity index (χ1) is 14.6. The minimum absolute atomic E-state index is 0.172. The fourth-order valence-electron chi connectivity index (χ4n) is 2.70. The zero-order chi connectivity index (χ0) is 21.3. The van der Waals surface area contributed by atoms with E-state index in [9.17, 15) is 9.90 Å². The number of nitrogens with zero attached hydrogens (tertiary/aromatic N) is 1. The quantitative estimate of drug-likeness (QED) is 0.375. The maximum absolute atomic E-state index is 12.4. The summed E-state index contributed by atoms with van der Waals surface area (Å²) < 4.78 is 10.8. The lowest BCUT2D eigenvalue weighted by Crippen LogP contribution is -2.10. The van der Waals surface area contributed by atoms with Gasteiger partial charge in [-0.1, -0.05) is 6.07 Å². The highest BCUT2D eigenvalue weighted by atomic mass is 16.5. The summed E-state index contributed by atoms with van der Waals surface area (Å²) in [7, 11) is 1.57. The molecule has 0 bridgehead atoms. The molecule has 3 N–H and O–H groups in total. The second kappa shape index (κ2) is 9.97. The van der Waals surface area contributed by atoms with E-state index in [-0.39, 0.29) is 11.7 Å². The summed E-state index contributed by atoms with van der Waals surface area (Å²) in [6, 6.07) is 15.5. The number of hydrogen-bond acceptors (Lipinski definition) is 6. The van der Waals surface area contributed by atoms with Crippen LogP contribution in [0.15, 0.2) is 66.9 Å². The predicted molar refractivity (Wildman–Crippen MR) is 117 cm³/mol. The Hall–Kier alpha value is -4.00. The molecule has 154 valence electrons. The van der Waals surface area contributed by atoms with Crippen LogP contribution in [-0.4, -0.2) is 29.7 Å². The second-order valence-corrected chi connectivity index (χ2v) is 6.24. The molecule has 0 unspecified atom stereocenters. The Balaban J connectivity index is 1.70. The minimum Gasteiger partial charge on any atom is -0.508 e. The Kier molecular flexibility index (Phi) is 6.89. The number of anilines is 3. The van der Waals surface area contributed by atoms with E-state index in [1.54, 1.807) is 67.9 Å². The molecule has 30 heavy (non-hydrogen) atoms. The van der Waals surface area contributed by atoms with E-state index in [1.165, 1.54) is 6.08 Å². The highest BCUT2D eigenvalue weighted by molar-refractivity contribution is 6.03. The van der Waals surface area contributed by atoms with E-state index in [0.717, 1.165) is 11.3 Å². The predicted octanol–water partition coefficient (Wildman–Crippen LogP) is 4.59. The lowest BCUT2D eigenvalue weighted by atomic mass is 10.2. The average molecular weight is 405 g/mol. The van der Waals surface area contributed by atoms with Gasteiger partial charge in [-0.15, -0.1) is 0 Å². The van der Waals surface area contributed by atoms with Gasteiger partial charge < -0.3 is 25.2 Å². The van der Waals surface area contributed by atoms with Crippen molar-refractivity contribution in [2.75, 3.05) is 24.4 Å². The highest BCUT2D eigenvalue weighted by Gasteiger charge is 2.07. The summed E-state index contributed by atoms with van der Waals surface area (Å²) in [5.74, 6) is 1.62. The average Bonchev–Trinajstić information content (AvgIpc) is 2.76. The zero-order valence-electron chi connectivity index (χ0n) is 16.8. The molecular formula is C23H23N3O4. The normalized spacial score (nSPS) is 10.6. The number of phenols is 1. The Bertz CT molecular complexity index is 1030. The number of amides is 1. The third kappa shape index (κ3) is 5.51. The van der Waals surface area contributed by atoms with E-state index in [1.807, 2.05) is 13.0 Å². The number of carbonyl (C=O) groups excluding carboxylic acids is 1. The molecule has 0 aliphatic rings. The molecule has 2 aromatic carbocycles. The summed E-state index contributed by atoms with van der Waals surface area (Å²) in [6.45, 7) is 2.44. The lowest BCUT2D eigenvalue weighted by Gasteiger charge is -2.11. The second-order valence-electron chi connectivity index (χ2n) is 6.24. The monoisotopic (exact) mass is 405 g/mol. The molecule has 0 saturated carbocycles. The fraction of sp³-hybridized carbons (Fsp3) is 0.130. The molecule has 1 amide bonds. The molecule has 1 heterocycles. The van der Waals surface area contributed by atoms with Crippen LogP contribution in [0.25, 0.3) is 6.08 Å². The summed E-state index contributed by atoms with van der Waals surface area (Å²) in [6.07, 6.45) is 4.75. The molecular weight excluding hydrogens is 382 g/mol. The van der Waals surface area contributed by atoms with Gasteiger partial charge in [0.15, 0.2) is 17.3 Å². The third-order valence-electron chi connectivity index (χ3n) is 4.11. The number of aromatic nitrogens is 1. The van der Waals surface area contributed by atoms with Crippen LogP contribution in [0.1, 0.15) is 12.5 Å². The van der Waals surface area contributed by atoms with Gasteiger partial charge in [-0.2, -0.15) is 0 Å². The first kappa shape index (κ1) is 20.7. The van der Waals surface area contributed by atoms with Gasteiger partial charge in [-0.3, -0.25) is 4.79 Å². The molecule has 1 aromatic heterocycles. The number of ether oxygens (including phenoxy) is 2. The topological polar surface area (TPSA) is 92.7 Å². The summed E-state index contributed by atoms with van der Waals surface area (Å²) >= 11 is 0. The molecule has 0 radical (unpaired) electrons. The molecule has 0 aliphatic heterocycles. The number of carbonyl (C=O) groups is 1. The first-order valence-corrected chi connectivity index (χ1v) is 9.40. The van der Waals surface area contributed by atoms with Gasteiger partial charge in [0.1, 0.15) is 5.75 Å². The first-order valence-electron chi connectivity index (χ1n) is 9.40. The number of aromatic hydroxyl groups is 1. The van der Waals surface area contributed by atoms with Crippen molar-refractivity contribution in [1.29, 1.82) is 0 Å². The van der Waals surface area contributed by atoms with Gasteiger partial charge in [0.2, 0.25) is 5.91 Å². The van der Waals surface area contributed by atoms with Gasteiger partial charge in [-0.25, -0.2) is 4.98 Å². The van der Waals surface area contributed by atoms with Gasteiger partial charge in [0.05, 0.1) is 19.4 Å². The van der Waals surface area contributed by atoms with Crippen LogP contribution in [0.5, 0.6) is 17.2 Å². The van der Waals surface area contributed by atoms with Crippen LogP contribution in [-0.2, 0) is 4.79 Å². The third-order valence-corrected chi connectivity index (χ3v) is 4.11. The largest absolute Gasteiger partial charge is 0.508 e. The van der Waals surface area contributed by atoms with Crippen molar-refractivity contribution in [2.45, 2.75) is 6.92 Å². The highest BCUT2D eigenvalue weighted by Crippen LogP contribution is 2.28. The van der Waals surface area contributed by atoms with Crippen LogP contribution in [0.2, 0.25) is 0 Å². The number of benzene rings is 2. The lowest BCUT2D eigenvalue weighted by molar-refractivity contribution is -0.111. The van der Waals surface area contributed by atoms with Crippen molar-refractivity contribution < 1.29 is 19.4 Å². The Labute approximate surface area is 175 Å². The molecule has 7 heteroatoms. The number of pyridine rings is 1. The number of methoxy groups -OCH3 is 1. The Morgan fingerprint density at radius 2 is 1.93 bits per heavy atom. The van der Waals surface area contributed by atoms with Crippen molar-refractivity contribution in [1.82, 2.24) is 4.98 Å². The summed E-state index contributed by atoms with van der Waals surface area (Å²) in [5.41, 5.74) is 2.07. The minimum atomic E-state index is -0.301. The van der Waals surface area contributed by atoms with Crippen LogP contribution in [0.4, 0.5) is 17.2 Å². The van der Waals surface area contributed by atoms with E-state index in [2.05, 4.69) is 15.6 Å². The maximum Gasteiger partial charge on any atom is 0.248 e. The van der Waals surface area contributed by atoms with Crippen molar-refractivity contribution in [3.05, 3.63) is 72.4 Å². The fourth-order valence-corrected chi connectivity index (χ4v) is 2.70. The standard InChI is InChI=1S/C23H23N3O4/c1-3-30-20-12-6-16(15-21(20)29-2)7-13-22(28)26-19-5-4-14-24-23(19)25-17-8-10-18(27)11-9-17/h4-15,27H,3H2,1-2H3,(H,24,25)(H,26,28)/b13-7+. The van der Waals surface area contributed by atoms with Crippen molar-refractivity contribution in [3.63, 3.8) is 0 Å². The maximum atomic E-state index is 12.4. The van der Waals surface area contributed by atoms with Gasteiger partial charge in [0, 0.05) is 18.0 Å². The molecule has 0 atom stereocenters. The number of phenolic OH excluding ortho intramolecular Hbond substituents is 1. The van der Waals surface area contributed by atoms with Gasteiger partial charge >= 0.3 is 0 Å². The molecule has 0 saturated heterocycles. The van der Waals surface area contributed by atoms with E-state index in [0.29, 0.717) is 29.6 Å². The SMILES string of the molecule is CCOc1ccc(/C=C/C(=O)Nc2cccnc2Nc2ccc(O)cc2)cc1OC. The Morgan fingerprint density at radius 1 is 1.13 bits per heavy atom. The van der Waals surface area contributed by atoms with Crippen molar-refractivity contribution in [2.24, 2.45) is 0 Å². The smallest absolute Gasteiger partial charge is 0.248 e. The van der Waals surface area contributed by atoms with E-state index < -0.39 is 0 Å². The number of nitrogens with one attached hydrogen (secondary N) is 2. The van der Waals surface area contributed by atoms with Gasteiger partial charge in [0.25, 0.3) is 0 Å².